The van der Waals surface area contributed by atoms with E-state index in [-0.39, 0.29) is 5.97 Å². The van der Waals surface area contributed by atoms with Crippen molar-refractivity contribution in [3.8, 4) is 17.3 Å². The van der Waals surface area contributed by atoms with Gasteiger partial charge in [0.1, 0.15) is 0 Å². The Labute approximate surface area is 256 Å². The first-order chi connectivity index (χ1) is 20.4. The van der Waals surface area contributed by atoms with Crippen LogP contribution >= 0.6 is 11.6 Å². The number of hydrogen-bond donors (Lipinski definition) is 1. The zero-order valence-corrected chi connectivity index (χ0v) is 26.6. The summed E-state index contributed by atoms with van der Waals surface area (Å²) in [5, 5.41) is 12.1. The van der Waals surface area contributed by atoms with Crippen molar-refractivity contribution < 1.29 is 14.3 Å². The van der Waals surface area contributed by atoms with Gasteiger partial charge in [0.15, 0.2) is 17.9 Å². The van der Waals surface area contributed by atoms with E-state index in [1.54, 1.807) is 36.6 Å². The van der Waals surface area contributed by atoms with Crippen molar-refractivity contribution in [3.05, 3.63) is 35.4 Å². The molecule has 2 heterocycles. The molecular formula is C33H50ClN5O3. The first-order valence-corrected chi connectivity index (χ1v) is 16.4. The quantitative estimate of drug-likeness (QED) is 0.0537. The number of ether oxygens (including phenoxy) is 2. The average Bonchev–Trinajstić information content (AvgIpc) is 3.53. The number of carbonyl (C=O) groups excluding carboxylic acids is 1. The number of halogens is 1. The third-order valence-corrected chi connectivity index (χ3v) is 7.67. The molecule has 0 spiro atoms. The van der Waals surface area contributed by atoms with Crippen molar-refractivity contribution >= 4 is 29.6 Å². The Morgan fingerprint density at radius 1 is 0.881 bits per heavy atom. The second-order valence-electron chi connectivity index (χ2n) is 11.7. The minimum absolute atomic E-state index is 0.237. The molecule has 0 saturated carbocycles. The summed E-state index contributed by atoms with van der Waals surface area (Å²) in [6, 6.07) is 9.06. The predicted octanol–water partition coefficient (Wildman–Crippen LogP) is 9.72. The first-order valence-electron chi connectivity index (χ1n) is 16.0. The van der Waals surface area contributed by atoms with E-state index in [0.29, 0.717) is 28.8 Å². The van der Waals surface area contributed by atoms with E-state index >= 15 is 0 Å². The zero-order valence-electron chi connectivity index (χ0n) is 25.9. The Kier molecular flexibility index (Phi) is 14.9. The number of H-pyrrole nitrogens is 1. The molecular weight excluding hydrogens is 550 g/mol. The second kappa shape index (κ2) is 18.6. The van der Waals surface area contributed by atoms with Gasteiger partial charge in [-0.25, -0.2) is 9.51 Å². The molecule has 0 amide bonds. The SMILES string of the molecule is CCCCCCCCCCCCCCCCCCC(=O)OC(C)(C)/N=C/Oc1cc2nnc(-c3ccc(Cl)cc3)n2[nH]1. The summed E-state index contributed by atoms with van der Waals surface area (Å²) in [6.45, 7) is 5.75. The van der Waals surface area contributed by atoms with Crippen molar-refractivity contribution in [1.29, 1.82) is 0 Å². The smallest absolute Gasteiger partial charge is 0.307 e. The fraction of sp³-hybridized carbons (Fsp3) is 0.636. The number of aromatic amines is 1. The van der Waals surface area contributed by atoms with Crippen molar-refractivity contribution in [3.63, 3.8) is 0 Å². The van der Waals surface area contributed by atoms with Gasteiger partial charge >= 0.3 is 5.97 Å². The summed E-state index contributed by atoms with van der Waals surface area (Å²) in [7, 11) is 0. The van der Waals surface area contributed by atoms with Gasteiger partial charge < -0.3 is 9.47 Å². The lowest BCUT2D eigenvalue weighted by atomic mass is 10.0. The lowest BCUT2D eigenvalue weighted by Crippen LogP contribution is -2.26. The highest BCUT2D eigenvalue weighted by molar-refractivity contribution is 6.30. The maximum absolute atomic E-state index is 12.3. The van der Waals surface area contributed by atoms with Crippen molar-refractivity contribution in [1.82, 2.24) is 19.8 Å². The highest BCUT2D eigenvalue weighted by Crippen LogP contribution is 2.23. The van der Waals surface area contributed by atoms with Gasteiger partial charge in [0.2, 0.25) is 11.6 Å². The van der Waals surface area contributed by atoms with Crippen LogP contribution in [-0.4, -0.2) is 37.9 Å². The Morgan fingerprint density at radius 2 is 1.43 bits per heavy atom. The van der Waals surface area contributed by atoms with Gasteiger partial charge in [-0.15, -0.1) is 10.2 Å². The van der Waals surface area contributed by atoms with E-state index in [4.69, 9.17) is 21.1 Å². The number of benzene rings is 1. The summed E-state index contributed by atoms with van der Waals surface area (Å²) in [6.07, 6.45) is 22.6. The summed E-state index contributed by atoms with van der Waals surface area (Å²) >= 11 is 5.99. The molecule has 0 aliphatic heterocycles. The van der Waals surface area contributed by atoms with E-state index < -0.39 is 5.72 Å². The van der Waals surface area contributed by atoms with Crippen LogP contribution in [0, 0.1) is 0 Å². The highest BCUT2D eigenvalue weighted by Gasteiger charge is 2.21. The molecule has 0 aliphatic carbocycles. The second-order valence-corrected chi connectivity index (χ2v) is 12.1. The Hall–Kier alpha value is -2.87. The van der Waals surface area contributed by atoms with Gasteiger partial charge in [0.05, 0.1) is 0 Å². The number of fused-ring (bicyclic) bond motifs is 1. The van der Waals surface area contributed by atoms with Gasteiger partial charge in [0, 0.05) is 23.1 Å². The number of nitrogens with zero attached hydrogens (tertiary/aromatic N) is 4. The standard InChI is InChI=1S/C33H50ClN5O3/c1-4-5-6-7-8-9-10-11-12-13-14-15-16-17-18-19-20-31(40)42-33(2,3)35-26-41-30-25-29-36-37-32(39(29)38-30)27-21-23-28(34)24-22-27/h21-26,38H,4-20H2,1-3H3/b35-26+. The van der Waals surface area contributed by atoms with E-state index in [2.05, 4.69) is 27.2 Å². The minimum Gasteiger partial charge on any atom is -0.438 e. The van der Waals surface area contributed by atoms with E-state index in [1.165, 1.54) is 96.3 Å². The third-order valence-electron chi connectivity index (χ3n) is 7.41. The Morgan fingerprint density at radius 3 is 2.00 bits per heavy atom. The van der Waals surface area contributed by atoms with Gasteiger partial charge in [0.25, 0.3) is 0 Å². The number of hydrogen-bond acceptors (Lipinski definition) is 6. The van der Waals surface area contributed by atoms with E-state index in [9.17, 15) is 4.79 Å². The minimum atomic E-state index is -1.02. The lowest BCUT2D eigenvalue weighted by Gasteiger charge is -2.19. The van der Waals surface area contributed by atoms with Gasteiger partial charge in [-0.1, -0.05) is 115 Å². The summed E-state index contributed by atoms with van der Waals surface area (Å²) in [5.41, 5.74) is 0.453. The normalized spacial score (nSPS) is 12.0. The van der Waals surface area contributed by atoms with Crippen molar-refractivity contribution in [2.24, 2.45) is 4.99 Å². The van der Waals surface area contributed by atoms with Crippen LogP contribution in [0.5, 0.6) is 5.88 Å². The molecule has 8 nitrogen and oxygen atoms in total. The molecule has 0 aliphatic rings. The third kappa shape index (κ3) is 12.6. The molecule has 0 atom stereocenters. The molecule has 0 radical (unpaired) electrons. The molecule has 3 aromatic rings. The molecule has 0 bridgehead atoms. The highest BCUT2D eigenvalue weighted by atomic mass is 35.5. The molecule has 0 unspecified atom stereocenters. The number of unbranched alkanes of at least 4 members (excludes halogenated alkanes) is 15. The summed E-state index contributed by atoms with van der Waals surface area (Å²) in [4.78, 5) is 16.6. The number of aliphatic imine (C=N–C) groups is 1. The van der Waals surface area contributed by atoms with Crippen LogP contribution in [-0.2, 0) is 9.53 Å². The molecule has 3 rings (SSSR count). The van der Waals surface area contributed by atoms with Gasteiger partial charge in [-0.2, -0.15) is 0 Å². The number of rotatable bonds is 22. The average molecular weight is 600 g/mol. The van der Waals surface area contributed by atoms with Gasteiger partial charge in [-0.05, 0) is 44.5 Å². The van der Waals surface area contributed by atoms with Crippen molar-refractivity contribution in [2.45, 2.75) is 136 Å². The maximum Gasteiger partial charge on any atom is 0.307 e. The molecule has 42 heavy (non-hydrogen) atoms. The largest absolute Gasteiger partial charge is 0.438 e. The van der Waals surface area contributed by atoms with Crippen molar-refractivity contribution in [2.75, 3.05) is 0 Å². The van der Waals surface area contributed by atoms with E-state index in [1.807, 2.05) is 12.1 Å². The fourth-order valence-electron chi connectivity index (χ4n) is 4.99. The monoisotopic (exact) mass is 599 g/mol. The number of esters is 1. The van der Waals surface area contributed by atoms with Crippen LogP contribution in [0.3, 0.4) is 0 Å². The zero-order chi connectivity index (χ0) is 30.0. The molecule has 0 saturated heterocycles. The van der Waals surface area contributed by atoms with Crippen LogP contribution in [0.2, 0.25) is 5.02 Å². The molecule has 1 aromatic carbocycles. The maximum atomic E-state index is 12.3. The Bertz CT molecular complexity index is 1200. The van der Waals surface area contributed by atoms with Crippen LogP contribution in [0.15, 0.2) is 35.3 Å². The van der Waals surface area contributed by atoms with Crippen LogP contribution < -0.4 is 4.74 Å². The van der Waals surface area contributed by atoms with E-state index in [0.717, 1.165) is 18.4 Å². The summed E-state index contributed by atoms with van der Waals surface area (Å²) < 4.78 is 12.9. The first kappa shape index (κ1) is 33.6. The molecule has 232 valence electrons. The number of aromatic nitrogens is 4. The molecule has 0 fully saturated rings. The predicted molar refractivity (Wildman–Crippen MR) is 171 cm³/mol. The van der Waals surface area contributed by atoms with Crippen LogP contribution in [0.25, 0.3) is 17.0 Å². The topological polar surface area (TPSA) is 93.9 Å². The molecule has 9 heteroatoms. The Balaban J connectivity index is 1.22. The molecule has 1 N–H and O–H groups in total. The number of nitrogens with one attached hydrogen (secondary N) is 1. The number of carbonyl (C=O) groups is 1. The van der Waals surface area contributed by atoms with Crippen LogP contribution in [0.4, 0.5) is 0 Å². The lowest BCUT2D eigenvalue weighted by molar-refractivity contribution is -0.155. The van der Waals surface area contributed by atoms with Gasteiger partial charge in [-0.3, -0.25) is 9.89 Å². The molecule has 2 aromatic heterocycles. The summed E-state index contributed by atoms with van der Waals surface area (Å²) in [5.74, 6) is 0.838. The van der Waals surface area contributed by atoms with Crippen LogP contribution in [0.1, 0.15) is 130 Å². The fourth-order valence-corrected chi connectivity index (χ4v) is 5.12.